The Morgan fingerprint density at radius 3 is 2.89 bits per heavy atom. The molecule has 1 aliphatic heterocycles. The summed E-state index contributed by atoms with van der Waals surface area (Å²) in [6.45, 7) is 3.36. The number of nitrogens with zero attached hydrogens (tertiary/aromatic N) is 2. The average Bonchev–Trinajstić information content (AvgIpc) is 2.69. The molecule has 5 nitrogen and oxygen atoms in total. The largest absolute Gasteiger partial charge is 0.395 e. The molecule has 1 N–H and O–H groups in total. The molecule has 0 saturated carbocycles. The van der Waals surface area contributed by atoms with E-state index in [9.17, 15) is 19.6 Å². The van der Waals surface area contributed by atoms with Crippen molar-refractivity contribution in [1.29, 1.82) is 0 Å². The smallest absolute Gasteiger partial charge is 0.272 e. The molecule has 1 aliphatic rings. The zero-order valence-corrected chi connectivity index (χ0v) is 10.8. The number of rotatable bonds is 4. The maximum Gasteiger partial charge on any atom is 0.272 e. The van der Waals surface area contributed by atoms with Crippen LogP contribution in [-0.4, -0.2) is 34.1 Å². The van der Waals surface area contributed by atoms with E-state index in [2.05, 4.69) is 6.92 Å². The van der Waals surface area contributed by atoms with Crippen LogP contribution in [0.3, 0.4) is 0 Å². The molecule has 0 radical (unpaired) electrons. The van der Waals surface area contributed by atoms with Crippen LogP contribution in [0.15, 0.2) is 18.2 Å². The number of benzene rings is 1. The monoisotopic (exact) mass is 268 g/mol. The van der Waals surface area contributed by atoms with Crippen molar-refractivity contribution in [1.82, 2.24) is 4.90 Å². The zero-order valence-electron chi connectivity index (χ0n) is 10.8. The van der Waals surface area contributed by atoms with Crippen LogP contribution in [0.5, 0.6) is 0 Å². The lowest BCUT2D eigenvalue weighted by Gasteiger charge is -2.24. The van der Waals surface area contributed by atoms with E-state index in [0.29, 0.717) is 18.0 Å². The Morgan fingerprint density at radius 2 is 2.26 bits per heavy atom. The van der Waals surface area contributed by atoms with Gasteiger partial charge in [-0.1, -0.05) is 6.92 Å². The molecule has 2 rings (SSSR count). The minimum Gasteiger partial charge on any atom is -0.395 e. The van der Waals surface area contributed by atoms with Gasteiger partial charge in [0.2, 0.25) is 0 Å². The molecule has 1 heterocycles. The number of nitro benzene ring substituents is 1. The normalized spacial score (nSPS) is 23.7. The topological polar surface area (TPSA) is 66.6 Å². The molecule has 0 aromatic heterocycles. The van der Waals surface area contributed by atoms with Gasteiger partial charge in [0, 0.05) is 18.7 Å². The molecule has 1 aromatic carbocycles. The quantitative estimate of drug-likeness (QED) is 0.669. The maximum atomic E-state index is 13.3. The molecule has 2 unspecified atom stereocenters. The Hall–Kier alpha value is -1.53. The van der Waals surface area contributed by atoms with Gasteiger partial charge < -0.3 is 5.11 Å². The van der Waals surface area contributed by atoms with Gasteiger partial charge in [0.25, 0.3) is 5.69 Å². The van der Waals surface area contributed by atoms with Crippen LogP contribution in [0.1, 0.15) is 18.9 Å². The highest BCUT2D eigenvalue weighted by atomic mass is 19.1. The van der Waals surface area contributed by atoms with Crippen molar-refractivity contribution in [3.63, 3.8) is 0 Å². The lowest BCUT2D eigenvalue weighted by molar-refractivity contribution is -0.385. The van der Waals surface area contributed by atoms with E-state index in [-0.39, 0.29) is 18.3 Å². The molecule has 1 saturated heterocycles. The summed E-state index contributed by atoms with van der Waals surface area (Å²) in [5.41, 5.74) is 0.335. The van der Waals surface area contributed by atoms with Gasteiger partial charge in [0.1, 0.15) is 5.82 Å². The number of aliphatic hydroxyl groups is 1. The van der Waals surface area contributed by atoms with Crippen LogP contribution in [0.4, 0.5) is 10.1 Å². The highest BCUT2D eigenvalue weighted by Crippen LogP contribution is 2.26. The van der Waals surface area contributed by atoms with E-state index >= 15 is 0 Å². The minimum atomic E-state index is -0.600. The Kier molecular flexibility index (Phi) is 4.11. The Labute approximate surface area is 110 Å². The lowest BCUT2D eigenvalue weighted by atomic mass is 10.0. The lowest BCUT2D eigenvalue weighted by Crippen LogP contribution is -2.34. The summed E-state index contributed by atoms with van der Waals surface area (Å²) in [7, 11) is 0. The van der Waals surface area contributed by atoms with Gasteiger partial charge in [-0.05, 0) is 30.5 Å². The maximum absolute atomic E-state index is 13.3. The average molecular weight is 268 g/mol. The fourth-order valence-electron chi connectivity index (χ4n) is 2.64. The van der Waals surface area contributed by atoms with Gasteiger partial charge in [-0.15, -0.1) is 0 Å². The Morgan fingerprint density at radius 1 is 1.53 bits per heavy atom. The van der Waals surface area contributed by atoms with Crippen molar-refractivity contribution in [2.45, 2.75) is 25.9 Å². The number of hydrogen-bond acceptors (Lipinski definition) is 4. The minimum absolute atomic E-state index is 0.0438. The Bertz CT molecular complexity index is 481. The second-order valence-corrected chi connectivity index (χ2v) is 5.06. The van der Waals surface area contributed by atoms with Crippen LogP contribution in [0, 0.1) is 21.8 Å². The molecular formula is C13H17FN2O3. The van der Waals surface area contributed by atoms with Crippen LogP contribution in [0.25, 0.3) is 0 Å². The van der Waals surface area contributed by atoms with Crippen molar-refractivity contribution < 1.29 is 14.4 Å². The fourth-order valence-corrected chi connectivity index (χ4v) is 2.64. The number of likely N-dealkylation sites (tertiary alicyclic amines) is 1. The fraction of sp³-hybridized carbons (Fsp3) is 0.538. The third-order valence-electron chi connectivity index (χ3n) is 3.72. The number of halogens is 1. The van der Waals surface area contributed by atoms with E-state index < -0.39 is 10.7 Å². The number of aliphatic hydroxyl groups excluding tert-OH is 1. The Balaban J connectivity index is 2.17. The van der Waals surface area contributed by atoms with Gasteiger partial charge in [-0.25, -0.2) is 4.39 Å². The molecule has 2 atom stereocenters. The molecule has 1 aromatic rings. The van der Waals surface area contributed by atoms with E-state index in [0.717, 1.165) is 19.0 Å². The standard InChI is InChI=1S/C13H17FN2O3/c1-9-2-3-15(13(9)8-17)7-10-4-11(14)6-12(5-10)16(18)19/h4-6,9,13,17H,2-3,7-8H2,1H3. The van der Waals surface area contributed by atoms with Gasteiger partial charge in [0.05, 0.1) is 17.6 Å². The van der Waals surface area contributed by atoms with Crippen molar-refractivity contribution in [3.8, 4) is 0 Å². The van der Waals surface area contributed by atoms with Gasteiger partial charge >= 0.3 is 0 Å². The summed E-state index contributed by atoms with van der Waals surface area (Å²) in [5.74, 6) is -0.217. The first-order valence-corrected chi connectivity index (χ1v) is 6.30. The van der Waals surface area contributed by atoms with Gasteiger partial charge in [-0.3, -0.25) is 15.0 Å². The van der Waals surface area contributed by atoms with Crippen molar-refractivity contribution in [3.05, 3.63) is 39.7 Å². The molecular weight excluding hydrogens is 251 g/mol. The second kappa shape index (κ2) is 5.63. The third kappa shape index (κ3) is 3.08. The number of hydrogen-bond donors (Lipinski definition) is 1. The number of nitro groups is 1. The van der Waals surface area contributed by atoms with Crippen LogP contribution in [-0.2, 0) is 6.54 Å². The highest BCUT2D eigenvalue weighted by Gasteiger charge is 2.30. The first-order valence-electron chi connectivity index (χ1n) is 6.30. The van der Waals surface area contributed by atoms with E-state index in [4.69, 9.17) is 0 Å². The van der Waals surface area contributed by atoms with Crippen LogP contribution >= 0.6 is 0 Å². The summed E-state index contributed by atoms with van der Waals surface area (Å²) < 4.78 is 13.3. The molecule has 0 amide bonds. The van der Waals surface area contributed by atoms with Crippen LogP contribution in [0.2, 0.25) is 0 Å². The predicted octanol–water partition coefficient (Wildman–Crippen LogP) is 1.94. The van der Waals surface area contributed by atoms with E-state index in [1.165, 1.54) is 12.1 Å². The highest BCUT2D eigenvalue weighted by molar-refractivity contribution is 5.35. The molecule has 6 heteroatoms. The predicted molar refractivity (Wildman–Crippen MR) is 68.1 cm³/mol. The SMILES string of the molecule is CC1CCN(Cc2cc(F)cc([N+](=O)[O-])c2)C1CO. The summed E-state index contributed by atoms with van der Waals surface area (Å²) in [6, 6.07) is 3.66. The molecule has 1 fully saturated rings. The van der Waals surface area contributed by atoms with Crippen molar-refractivity contribution in [2.75, 3.05) is 13.2 Å². The van der Waals surface area contributed by atoms with Crippen molar-refractivity contribution >= 4 is 5.69 Å². The molecule has 19 heavy (non-hydrogen) atoms. The zero-order chi connectivity index (χ0) is 14.0. The van der Waals surface area contributed by atoms with Gasteiger partial charge in [0.15, 0.2) is 0 Å². The molecule has 104 valence electrons. The summed E-state index contributed by atoms with van der Waals surface area (Å²) in [5, 5.41) is 20.1. The van der Waals surface area contributed by atoms with Crippen molar-refractivity contribution in [2.24, 2.45) is 5.92 Å². The molecule has 0 bridgehead atoms. The molecule has 0 spiro atoms. The number of non-ortho nitro benzene ring substituents is 1. The first-order chi connectivity index (χ1) is 9.01. The second-order valence-electron chi connectivity index (χ2n) is 5.06. The van der Waals surface area contributed by atoms with E-state index in [1.54, 1.807) is 0 Å². The van der Waals surface area contributed by atoms with Crippen LogP contribution < -0.4 is 0 Å². The summed E-state index contributed by atoms with van der Waals surface area (Å²) in [6.07, 6.45) is 0.975. The third-order valence-corrected chi connectivity index (χ3v) is 3.72. The first kappa shape index (κ1) is 13.9. The van der Waals surface area contributed by atoms with Gasteiger partial charge in [-0.2, -0.15) is 0 Å². The molecule has 0 aliphatic carbocycles. The van der Waals surface area contributed by atoms with E-state index in [1.807, 2.05) is 4.90 Å². The summed E-state index contributed by atoms with van der Waals surface area (Å²) >= 11 is 0. The summed E-state index contributed by atoms with van der Waals surface area (Å²) in [4.78, 5) is 12.2.